The molecule has 0 radical (unpaired) electrons. The number of imide groups is 1. The van der Waals surface area contributed by atoms with Crippen LogP contribution in [0.1, 0.15) is 24.0 Å². The maximum absolute atomic E-state index is 11.5. The zero-order valence-corrected chi connectivity index (χ0v) is 12.1. The van der Waals surface area contributed by atoms with Gasteiger partial charge in [-0.2, -0.15) is 0 Å². The molecule has 2 aliphatic heterocycles. The Hall–Kier alpha value is -1.75. The van der Waals surface area contributed by atoms with Crippen LogP contribution in [0.25, 0.3) is 6.08 Å². The lowest BCUT2D eigenvalue weighted by molar-refractivity contribution is -0.115. The maximum Gasteiger partial charge on any atom is 0.290 e. The Balaban J connectivity index is 1.86. The summed E-state index contributed by atoms with van der Waals surface area (Å²) >= 11 is 0.958. The standard InChI is InChI=1S/C15H16N2O2S/c1-10-8-12(17-6-2-3-7-17)5-4-11(10)9-13-14(18)16-15(19)20-13/h4-5,8-9H,2-3,6-7H2,1H3,(H,16,18,19)/b13-9-. The molecule has 5 heteroatoms. The number of amides is 2. The first-order chi connectivity index (χ1) is 9.63. The Morgan fingerprint density at radius 2 is 2.00 bits per heavy atom. The number of carbonyl (C=O) groups excluding carboxylic acids is 2. The van der Waals surface area contributed by atoms with Crippen LogP contribution in [0.5, 0.6) is 0 Å². The smallest absolute Gasteiger partial charge is 0.290 e. The van der Waals surface area contributed by atoms with Crippen molar-refractivity contribution in [2.45, 2.75) is 19.8 Å². The molecule has 2 heterocycles. The van der Waals surface area contributed by atoms with Crippen LogP contribution in [-0.4, -0.2) is 24.2 Å². The minimum absolute atomic E-state index is 0.299. The second kappa shape index (κ2) is 5.32. The molecule has 0 atom stereocenters. The van der Waals surface area contributed by atoms with Gasteiger partial charge in [-0.15, -0.1) is 0 Å². The summed E-state index contributed by atoms with van der Waals surface area (Å²) in [5.74, 6) is -0.303. The Morgan fingerprint density at radius 1 is 1.25 bits per heavy atom. The van der Waals surface area contributed by atoms with Gasteiger partial charge in [-0.3, -0.25) is 14.9 Å². The number of rotatable bonds is 2. The van der Waals surface area contributed by atoms with Gasteiger partial charge in [0.2, 0.25) is 0 Å². The van der Waals surface area contributed by atoms with Crippen molar-refractivity contribution in [3.63, 3.8) is 0 Å². The predicted molar refractivity (Wildman–Crippen MR) is 81.7 cm³/mol. The normalized spacial score (nSPS) is 20.9. The summed E-state index contributed by atoms with van der Waals surface area (Å²) in [6, 6.07) is 6.26. The van der Waals surface area contributed by atoms with Gasteiger partial charge in [0.15, 0.2) is 0 Å². The average Bonchev–Trinajstić information content (AvgIpc) is 3.02. The van der Waals surface area contributed by atoms with E-state index in [-0.39, 0.29) is 11.1 Å². The zero-order chi connectivity index (χ0) is 14.1. The first-order valence-electron chi connectivity index (χ1n) is 6.74. The maximum atomic E-state index is 11.5. The fourth-order valence-electron chi connectivity index (χ4n) is 2.56. The molecule has 0 unspecified atom stereocenters. The van der Waals surface area contributed by atoms with E-state index in [0.29, 0.717) is 4.91 Å². The van der Waals surface area contributed by atoms with Crippen LogP contribution in [0.15, 0.2) is 23.1 Å². The van der Waals surface area contributed by atoms with Crippen molar-refractivity contribution in [2.24, 2.45) is 0 Å². The first-order valence-corrected chi connectivity index (χ1v) is 7.55. The Morgan fingerprint density at radius 3 is 2.60 bits per heavy atom. The third kappa shape index (κ3) is 2.58. The number of nitrogens with one attached hydrogen (secondary N) is 1. The molecular formula is C15H16N2O2S. The Bertz CT molecular complexity index is 604. The van der Waals surface area contributed by atoms with E-state index in [9.17, 15) is 9.59 Å². The molecule has 1 N–H and O–H groups in total. The van der Waals surface area contributed by atoms with Crippen molar-refractivity contribution in [3.8, 4) is 0 Å². The number of benzene rings is 1. The Labute approximate surface area is 122 Å². The van der Waals surface area contributed by atoms with Crippen LogP contribution in [0.2, 0.25) is 0 Å². The molecule has 2 fully saturated rings. The summed E-state index contributed by atoms with van der Waals surface area (Å²) in [5, 5.41) is 1.97. The molecule has 0 saturated carbocycles. The van der Waals surface area contributed by atoms with Crippen LogP contribution in [0, 0.1) is 6.92 Å². The lowest BCUT2D eigenvalue weighted by atomic mass is 10.1. The number of carbonyl (C=O) groups is 2. The van der Waals surface area contributed by atoms with E-state index < -0.39 is 0 Å². The van der Waals surface area contributed by atoms with Crippen LogP contribution >= 0.6 is 11.8 Å². The summed E-state index contributed by atoms with van der Waals surface area (Å²) in [7, 11) is 0. The highest BCUT2D eigenvalue weighted by Gasteiger charge is 2.25. The molecule has 0 spiro atoms. The summed E-state index contributed by atoms with van der Waals surface area (Å²) in [4.78, 5) is 25.5. The van der Waals surface area contributed by atoms with E-state index >= 15 is 0 Å². The van der Waals surface area contributed by atoms with E-state index in [1.165, 1.54) is 18.5 Å². The zero-order valence-electron chi connectivity index (χ0n) is 11.3. The van der Waals surface area contributed by atoms with Gasteiger partial charge in [0.25, 0.3) is 11.1 Å². The number of anilines is 1. The van der Waals surface area contributed by atoms with Gasteiger partial charge in [0.05, 0.1) is 4.91 Å². The highest BCUT2D eigenvalue weighted by atomic mass is 32.2. The fourth-order valence-corrected chi connectivity index (χ4v) is 3.23. The number of hydrogen-bond acceptors (Lipinski definition) is 4. The van der Waals surface area contributed by atoms with Gasteiger partial charge < -0.3 is 4.90 Å². The number of nitrogens with zero attached hydrogens (tertiary/aromatic N) is 1. The molecule has 2 aliphatic rings. The minimum Gasteiger partial charge on any atom is -0.372 e. The van der Waals surface area contributed by atoms with E-state index in [1.54, 1.807) is 6.08 Å². The highest BCUT2D eigenvalue weighted by Crippen LogP contribution is 2.28. The SMILES string of the molecule is Cc1cc(N2CCCC2)ccc1/C=C1\SC(=O)NC1=O. The van der Waals surface area contributed by atoms with Crippen molar-refractivity contribution >= 4 is 34.7 Å². The van der Waals surface area contributed by atoms with Crippen LogP contribution in [0.3, 0.4) is 0 Å². The summed E-state index contributed by atoms with van der Waals surface area (Å²) in [6.45, 7) is 4.27. The number of hydrogen-bond donors (Lipinski definition) is 1. The second-order valence-electron chi connectivity index (χ2n) is 5.09. The molecule has 1 aromatic rings. The molecular weight excluding hydrogens is 272 g/mol. The molecule has 1 aromatic carbocycles. The van der Waals surface area contributed by atoms with Gasteiger partial charge in [-0.1, -0.05) is 6.07 Å². The monoisotopic (exact) mass is 288 g/mol. The van der Waals surface area contributed by atoms with Crippen LogP contribution in [-0.2, 0) is 4.79 Å². The van der Waals surface area contributed by atoms with Gasteiger partial charge in [0, 0.05) is 18.8 Å². The van der Waals surface area contributed by atoms with Gasteiger partial charge in [-0.05, 0) is 60.9 Å². The molecule has 0 aromatic heterocycles. The van der Waals surface area contributed by atoms with Crippen molar-refractivity contribution in [1.29, 1.82) is 0 Å². The first kappa shape index (κ1) is 13.2. The largest absolute Gasteiger partial charge is 0.372 e. The molecule has 0 bridgehead atoms. The second-order valence-corrected chi connectivity index (χ2v) is 6.10. The fraction of sp³-hybridized carbons (Fsp3) is 0.333. The molecule has 3 rings (SSSR count). The highest BCUT2D eigenvalue weighted by molar-refractivity contribution is 8.18. The van der Waals surface area contributed by atoms with Crippen molar-refractivity contribution in [3.05, 3.63) is 34.2 Å². The number of aryl methyl sites for hydroxylation is 1. The van der Waals surface area contributed by atoms with Crippen molar-refractivity contribution in [1.82, 2.24) is 5.32 Å². The van der Waals surface area contributed by atoms with E-state index in [0.717, 1.165) is 36.0 Å². The quantitative estimate of drug-likeness (QED) is 0.850. The average molecular weight is 288 g/mol. The van der Waals surface area contributed by atoms with Crippen LogP contribution in [0.4, 0.5) is 10.5 Å². The molecule has 0 aliphatic carbocycles. The number of thioether (sulfide) groups is 1. The van der Waals surface area contributed by atoms with Gasteiger partial charge in [-0.25, -0.2) is 0 Å². The summed E-state index contributed by atoms with van der Waals surface area (Å²) in [6.07, 6.45) is 4.29. The predicted octanol–water partition coefficient (Wildman–Crippen LogP) is 2.92. The van der Waals surface area contributed by atoms with Crippen molar-refractivity contribution in [2.75, 3.05) is 18.0 Å². The summed E-state index contributed by atoms with van der Waals surface area (Å²) in [5.41, 5.74) is 3.34. The topological polar surface area (TPSA) is 49.4 Å². The van der Waals surface area contributed by atoms with E-state index in [4.69, 9.17) is 0 Å². The molecule has 4 nitrogen and oxygen atoms in total. The third-order valence-electron chi connectivity index (χ3n) is 3.65. The molecule has 104 valence electrons. The van der Waals surface area contributed by atoms with Crippen LogP contribution < -0.4 is 10.2 Å². The van der Waals surface area contributed by atoms with E-state index in [2.05, 4.69) is 22.3 Å². The summed E-state index contributed by atoms with van der Waals surface area (Å²) < 4.78 is 0. The Kier molecular flexibility index (Phi) is 3.53. The lowest BCUT2D eigenvalue weighted by Gasteiger charge is -2.18. The van der Waals surface area contributed by atoms with Crippen molar-refractivity contribution < 1.29 is 9.59 Å². The van der Waals surface area contributed by atoms with E-state index in [1.807, 2.05) is 13.0 Å². The minimum atomic E-state index is -0.303. The molecule has 2 saturated heterocycles. The van der Waals surface area contributed by atoms with Gasteiger partial charge in [0.1, 0.15) is 0 Å². The molecule has 20 heavy (non-hydrogen) atoms. The lowest BCUT2D eigenvalue weighted by Crippen LogP contribution is -2.18. The third-order valence-corrected chi connectivity index (χ3v) is 4.46. The molecule has 2 amide bonds. The van der Waals surface area contributed by atoms with Gasteiger partial charge >= 0.3 is 0 Å².